The van der Waals surface area contributed by atoms with Gasteiger partial charge in [-0.3, -0.25) is 14.4 Å². The van der Waals surface area contributed by atoms with E-state index >= 15 is 0 Å². The minimum absolute atomic E-state index is 0.0204. The highest BCUT2D eigenvalue weighted by Crippen LogP contribution is 2.22. The SMILES string of the molecule is CCCCCCCC/C(C(C)=O)=C(\CCCCCCCC(=O)O)C(C)=O. The monoisotopic (exact) mass is 366 g/mol. The van der Waals surface area contributed by atoms with E-state index in [1.165, 1.54) is 25.7 Å². The van der Waals surface area contributed by atoms with E-state index in [4.69, 9.17) is 5.11 Å². The molecule has 0 fully saturated rings. The topological polar surface area (TPSA) is 71.4 Å². The molecule has 0 bridgehead atoms. The Balaban J connectivity index is 4.38. The maximum absolute atomic E-state index is 12.0. The number of hydrogen-bond donors (Lipinski definition) is 1. The molecule has 0 rings (SSSR count). The second-order valence-electron chi connectivity index (χ2n) is 7.25. The largest absolute Gasteiger partial charge is 0.481 e. The Morgan fingerprint density at radius 2 is 0.923 bits per heavy atom. The van der Waals surface area contributed by atoms with Gasteiger partial charge in [-0.1, -0.05) is 58.3 Å². The van der Waals surface area contributed by atoms with Gasteiger partial charge in [0.25, 0.3) is 0 Å². The van der Waals surface area contributed by atoms with Crippen molar-refractivity contribution in [2.75, 3.05) is 0 Å². The van der Waals surface area contributed by atoms with Crippen LogP contribution in [0.2, 0.25) is 0 Å². The number of ketones is 2. The molecule has 1 N–H and O–H groups in total. The van der Waals surface area contributed by atoms with Gasteiger partial charge in [-0.15, -0.1) is 0 Å². The highest BCUT2D eigenvalue weighted by Gasteiger charge is 2.15. The van der Waals surface area contributed by atoms with Crippen LogP contribution in [0.3, 0.4) is 0 Å². The van der Waals surface area contributed by atoms with Gasteiger partial charge in [-0.2, -0.15) is 0 Å². The van der Waals surface area contributed by atoms with Crippen LogP contribution in [-0.4, -0.2) is 22.6 Å². The molecule has 0 heterocycles. The smallest absolute Gasteiger partial charge is 0.303 e. The highest BCUT2D eigenvalue weighted by molar-refractivity contribution is 6.04. The number of carboxylic acids is 1. The first-order valence-corrected chi connectivity index (χ1v) is 10.4. The predicted molar refractivity (Wildman–Crippen MR) is 106 cm³/mol. The van der Waals surface area contributed by atoms with Gasteiger partial charge in [-0.25, -0.2) is 0 Å². The third kappa shape index (κ3) is 12.8. The molecule has 0 aromatic rings. The third-order valence-electron chi connectivity index (χ3n) is 4.81. The van der Waals surface area contributed by atoms with Gasteiger partial charge in [0.1, 0.15) is 0 Å². The minimum atomic E-state index is -0.743. The van der Waals surface area contributed by atoms with Gasteiger partial charge in [0.2, 0.25) is 0 Å². The van der Waals surface area contributed by atoms with Crippen molar-refractivity contribution in [3.8, 4) is 0 Å². The fourth-order valence-corrected chi connectivity index (χ4v) is 3.27. The van der Waals surface area contributed by atoms with Gasteiger partial charge in [-0.05, 0) is 46.0 Å². The molecular formula is C22H38O4. The van der Waals surface area contributed by atoms with Gasteiger partial charge in [0, 0.05) is 17.6 Å². The lowest BCUT2D eigenvalue weighted by molar-refractivity contribution is -0.137. The van der Waals surface area contributed by atoms with Crippen molar-refractivity contribution >= 4 is 17.5 Å². The van der Waals surface area contributed by atoms with Crippen LogP contribution in [0.15, 0.2) is 11.1 Å². The molecule has 0 radical (unpaired) electrons. The summed E-state index contributed by atoms with van der Waals surface area (Å²) in [5.74, 6) is -0.690. The van der Waals surface area contributed by atoms with Crippen molar-refractivity contribution in [3.63, 3.8) is 0 Å². The van der Waals surface area contributed by atoms with Crippen LogP contribution < -0.4 is 0 Å². The number of carbonyl (C=O) groups is 3. The van der Waals surface area contributed by atoms with E-state index < -0.39 is 5.97 Å². The molecule has 0 aromatic carbocycles. The lowest BCUT2D eigenvalue weighted by Crippen LogP contribution is -2.08. The number of hydrogen-bond acceptors (Lipinski definition) is 3. The number of carboxylic acid groups (broad SMARTS) is 1. The Bertz CT molecular complexity index is 463. The summed E-state index contributed by atoms with van der Waals surface area (Å²) in [6.07, 6.45) is 13.1. The standard InChI is InChI=1S/C22H38O4/c1-4-5-6-7-9-12-15-20(18(2)23)21(19(3)24)16-13-10-8-11-14-17-22(25)26/h4-17H2,1-3H3,(H,25,26)/b21-20-. The Morgan fingerprint density at radius 1 is 0.577 bits per heavy atom. The highest BCUT2D eigenvalue weighted by atomic mass is 16.4. The number of rotatable bonds is 17. The Morgan fingerprint density at radius 3 is 1.27 bits per heavy atom. The van der Waals surface area contributed by atoms with E-state index in [1.54, 1.807) is 13.8 Å². The summed E-state index contributed by atoms with van der Waals surface area (Å²) in [5.41, 5.74) is 1.45. The lowest BCUT2D eigenvalue weighted by atomic mass is 9.92. The molecule has 0 unspecified atom stereocenters. The number of allylic oxidation sites excluding steroid dienone is 2. The van der Waals surface area contributed by atoms with Crippen molar-refractivity contribution in [1.29, 1.82) is 0 Å². The minimum Gasteiger partial charge on any atom is -0.481 e. The third-order valence-corrected chi connectivity index (χ3v) is 4.81. The first-order valence-electron chi connectivity index (χ1n) is 10.4. The molecule has 0 spiro atoms. The number of Topliss-reactive ketones (excluding diaryl/α,β-unsaturated/α-hetero) is 2. The maximum atomic E-state index is 12.0. The van der Waals surface area contributed by atoms with E-state index in [2.05, 4.69) is 6.92 Å². The first kappa shape index (κ1) is 24.6. The van der Waals surface area contributed by atoms with E-state index in [-0.39, 0.29) is 18.0 Å². The fourth-order valence-electron chi connectivity index (χ4n) is 3.27. The number of aliphatic carboxylic acids is 1. The Hall–Kier alpha value is -1.45. The molecule has 0 aliphatic heterocycles. The fraction of sp³-hybridized carbons (Fsp3) is 0.773. The number of carbonyl (C=O) groups excluding carboxylic acids is 2. The van der Waals surface area contributed by atoms with Crippen LogP contribution in [0.5, 0.6) is 0 Å². The molecule has 4 heteroatoms. The van der Waals surface area contributed by atoms with Crippen molar-refractivity contribution in [2.45, 2.75) is 111 Å². The second-order valence-corrected chi connectivity index (χ2v) is 7.25. The lowest BCUT2D eigenvalue weighted by Gasteiger charge is -2.11. The summed E-state index contributed by atoms with van der Waals surface area (Å²) in [6.45, 7) is 5.33. The summed E-state index contributed by atoms with van der Waals surface area (Å²) >= 11 is 0. The summed E-state index contributed by atoms with van der Waals surface area (Å²) in [6, 6.07) is 0. The van der Waals surface area contributed by atoms with Crippen molar-refractivity contribution < 1.29 is 19.5 Å². The molecule has 0 aliphatic rings. The summed E-state index contributed by atoms with van der Waals surface area (Å²) in [7, 11) is 0. The zero-order chi connectivity index (χ0) is 19.8. The summed E-state index contributed by atoms with van der Waals surface area (Å²) in [4.78, 5) is 34.5. The van der Waals surface area contributed by atoms with Crippen LogP contribution in [0, 0.1) is 0 Å². The zero-order valence-corrected chi connectivity index (χ0v) is 17.1. The molecule has 150 valence electrons. The summed E-state index contributed by atoms with van der Waals surface area (Å²) < 4.78 is 0. The van der Waals surface area contributed by atoms with Gasteiger partial charge >= 0.3 is 5.97 Å². The van der Waals surface area contributed by atoms with Gasteiger partial charge < -0.3 is 5.11 Å². The van der Waals surface area contributed by atoms with E-state index in [0.717, 1.165) is 56.1 Å². The predicted octanol–water partition coefficient (Wildman–Crippen LogP) is 6.03. The molecule has 0 atom stereocenters. The van der Waals surface area contributed by atoms with Gasteiger partial charge in [0.05, 0.1) is 0 Å². The van der Waals surface area contributed by atoms with Crippen LogP contribution in [-0.2, 0) is 14.4 Å². The zero-order valence-electron chi connectivity index (χ0n) is 17.1. The average Bonchev–Trinajstić information content (AvgIpc) is 2.57. The summed E-state index contributed by atoms with van der Waals surface area (Å²) in [5, 5.41) is 8.62. The Kier molecular flexibility index (Phi) is 14.9. The van der Waals surface area contributed by atoms with Gasteiger partial charge in [0.15, 0.2) is 11.6 Å². The van der Waals surface area contributed by atoms with Crippen molar-refractivity contribution in [2.24, 2.45) is 0 Å². The maximum Gasteiger partial charge on any atom is 0.303 e. The molecule has 0 aliphatic carbocycles. The molecule has 0 amide bonds. The molecule has 0 saturated heterocycles. The van der Waals surface area contributed by atoms with Crippen LogP contribution in [0.25, 0.3) is 0 Å². The van der Waals surface area contributed by atoms with Crippen molar-refractivity contribution in [3.05, 3.63) is 11.1 Å². The van der Waals surface area contributed by atoms with Crippen LogP contribution >= 0.6 is 0 Å². The van der Waals surface area contributed by atoms with E-state index in [9.17, 15) is 14.4 Å². The van der Waals surface area contributed by atoms with Crippen LogP contribution in [0.4, 0.5) is 0 Å². The van der Waals surface area contributed by atoms with Crippen molar-refractivity contribution in [1.82, 2.24) is 0 Å². The van der Waals surface area contributed by atoms with Crippen LogP contribution in [0.1, 0.15) is 111 Å². The molecule has 0 saturated carbocycles. The Labute approximate surface area is 159 Å². The first-order chi connectivity index (χ1) is 12.4. The molecule has 4 nitrogen and oxygen atoms in total. The number of unbranched alkanes of at least 4 members (excludes halogenated alkanes) is 9. The average molecular weight is 367 g/mol. The normalized spacial score (nSPS) is 12.0. The molecule has 26 heavy (non-hydrogen) atoms. The van der Waals surface area contributed by atoms with E-state index in [1.807, 2.05) is 0 Å². The molecule has 0 aromatic heterocycles. The van der Waals surface area contributed by atoms with E-state index in [0.29, 0.717) is 12.8 Å². The second kappa shape index (κ2) is 15.8. The molecular weight excluding hydrogens is 328 g/mol. The quantitative estimate of drug-likeness (QED) is 0.252.